The summed E-state index contributed by atoms with van der Waals surface area (Å²) in [6, 6.07) is 4.24. The highest BCUT2D eigenvalue weighted by atomic mass is 16.2. The fraction of sp³-hybridized carbons (Fsp3) is 0.529. The van der Waals surface area contributed by atoms with Crippen LogP contribution in [0, 0.1) is 0 Å². The lowest BCUT2D eigenvalue weighted by Crippen LogP contribution is -2.32. The fourth-order valence-electron chi connectivity index (χ4n) is 3.04. The van der Waals surface area contributed by atoms with Crippen molar-refractivity contribution in [1.82, 2.24) is 19.2 Å². The Morgan fingerprint density at radius 3 is 2.91 bits per heavy atom. The van der Waals surface area contributed by atoms with E-state index in [9.17, 15) is 4.79 Å². The average molecular weight is 300 g/mol. The lowest BCUT2D eigenvalue weighted by Gasteiger charge is -2.22. The van der Waals surface area contributed by atoms with Gasteiger partial charge < -0.3 is 9.30 Å². The van der Waals surface area contributed by atoms with Crippen LogP contribution >= 0.6 is 0 Å². The van der Waals surface area contributed by atoms with E-state index in [1.807, 2.05) is 27.9 Å². The minimum absolute atomic E-state index is 0.305. The lowest BCUT2D eigenvalue weighted by molar-refractivity contribution is -0.130. The number of nitrogens with zero attached hydrogens (tertiary/aromatic N) is 4. The van der Waals surface area contributed by atoms with Gasteiger partial charge in [-0.1, -0.05) is 6.92 Å². The number of rotatable bonds is 6. The molecule has 2 aromatic rings. The molecule has 0 aromatic carbocycles. The summed E-state index contributed by atoms with van der Waals surface area (Å²) in [6.07, 6.45) is 8.75. The van der Waals surface area contributed by atoms with Crippen molar-refractivity contribution < 1.29 is 4.79 Å². The second kappa shape index (κ2) is 6.92. The topological polar surface area (TPSA) is 40.9 Å². The van der Waals surface area contributed by atoms with Gasteiger partial charge in [-0.2, -0.15) is 0 Å². The normalized spacial score (nSPS) is 15.1. The standard InChI is InChI=1S/C17H24N4O/c1-2-19(10-6-17(22)21-8-3-4-9-21)14-15-5-11-20-12-7-18-16(20)13-15/h5,7,11-13H,2-4,6,8-10,14H2,1H3. The van der Waals surface area contributed by atoms with Crippen molar-refractivity contribution in [3.05, 3.63) is 36.3 Å². The van der Waals surface area contributed by atoms with E-state index in [1.165, 1.54) is 5.56 Å². The molecule has 0 spiro atoms. The number of imidazole rings is 1. The van der Waals surface area contributed by atoms with E-state index in [2.05, 4.69) is 28.9 Å². The van der Waals surface area contributed by atoms with Gasteiger partial charge in [0.2, 0.25) is 5.91 Å². The molecular formula is C17H24N4O. The summed E-state index contributed by atoms with van der Waals surface area (Å²) in [5.74, 6) is 0.305. The molecule has 5 nitrogen and oxygen atoms in total. The van der Waals surface area contributed by atoms with Gasteiger partial charge in [0.25, 0.3) is 0 Å². The second-order valence-electron chi connectivity index (χ2n) is 5.93. The molecule has 1 fully saturated rings. The summed E-state index contributed by atoms with van der Waals surface area (Å²) in [5.41, 5.74) is 2.22. The van der Waals surface area contributed by atoms with E-state index in [-0.39, 0.29) is 0 Å². The average Bonchev–Trinajstić information content (AvgIpc) is 3.21. The van der Waals surface area contributed by atoms with E-state index >= 15 is 0 Å². The predicted molar refractivity (Wildman–Crippen MR) is 86.6 cm³/mol. The number of carbonyl (C=O) groups excluding carboxylic acids is 1. The van der Waals surface area contributed by atoms with Gasteiger partial charge in [-0.25, -0.2) is 4.98 Å². The van der Waals surface area contributed by atoms with Gasteiger partial charge in [0.05, 0.1) is 0 Å². The summed E-state index contributed by atoms with van der Waals surface area (Å²) in [4.78, 5) is 20.8. The van der Waals surface area contributed by atoms with Crippen LogP contribution in [0.1, 0.15) is 31.7 Å². The Morgan fingerprint density at radius 1 is 1.32 bits per heavy atom. The smallest absolute Gasteiger partial charge is 0.223 e. The van der Waals surface area contributed by atoms with E-state index in [4.69, 9.17) is 0 Å². The van der Waals surface area contributed by atoms with Gasteiger partial charge >= 0.3 is 0 Å². The van der Waals surface area contributed by atoms with Gasteiger partial charge in [0, 0.05) is 51.2 Å². The summed E-state index contributed by atoms with van der Waals surface area (Å²) in [5, 5.41) is 0. The minimum Gasteiger partial charge on any atom is -0.343 e. The van der Waals surface area contributed by atoms with Crippen molar-refractivity contribution >= 4 is 11.6 Å². The Kier molecular flexibility index (Phi) is 4.73. The lowest BCUT2D eigenvalue weighted by atomic mass is 10.2. The maximum absolute atomic E-state index is 12.1. The van der Waals surface area contributed by atoms with E-state index < -0.39 is 0 Å². The third-order valence-corrected chi connectivity index (χ3v) is 4.42. The molecule has 0 N–H and O–H groups in total. The number of hydrogen-bond donors (Lipinski definition) is 0. The van der Waals surface area contributed by atoms with Crippen molar-refractivity contribution in [3.63, 3.8) is 0 Å². The molecule has 0 saturated carbocycles. The van der Waals surface area contributed by atoms with Gasteiger partial charge in [0.15, 0.2) is 0 Å². The van der Waals surface area contributed by atoms with Crippen LogP contribution < -0.4 is 0 Å². The van der Waals surface area contributed by atoms with Crippen LogP contribution in [0.3, 0.4) is 0 Å². The van der Waals surface area contributed by atoms with Crippen LogP contribution in [0.15, 0.2) is 30.7 Å². The molecule has 0 bridgehead atoms. The Balaban J connectivity index is 1.55. The van der Waals surface area contributed by atoms with Crippen LogP contribution in [0.5, 0.6) is 0 Å². The van der Waals surface area contributed by atoms with Crippen LogP contribution in [0.2, 0.25) is 0 Å². The Bertz CT molecular complexity index is 630. The quantitative estimate of drug-likeness (QED) is 0.821. The molecule has 1 aliphatic rings. The van der Waals surface area contributed by atoms with Crippen LogP contribution in [0.4, 0.5) is 0 Å². The van der Waals surface area contributed by atoms with Gasteiger partial charge in [-0.05, 0) is 37.1 Å². The predicted octanol–water partition coefficient (Wildman–Crippen LogP) is 2.17. The molecular weight excluding hydrogens is 276 g/mol. The number of hydrogen-bond acceptors (Lipinski definition) is 3. The largest absolute Gasteiger partial charge is 0.343 e. The molecule has 1 amide bonds. The molecule has 1 aliphatic heterocycles. The number of pyridine rings is 1. The van der Waals surface area contributed by atoms with E-state index in [0.717, 1.165) is 51.2 Å². The maximum atomic E-state index is 12.1. The molecule has 0 aliphatic carbocycles. The van der Waals surface area contributed by atoms with Crippen molar-refractivity contribution in [3.8, 4) is 0 Å². The summed E-state index contributed by atoms with van der Waals surface area (Å²) in [6.45, 7) is 6.68. The van der Waals surface area contributed by atoms with Crippen molar-refractivity contribution in [2.75, 3.05) is 26.2 Å². The molecule has 3 rings (SSSR count). The monoisotopic (exact) mass is 300 g/mol. The van der Waals surface area contributed by atoms with Crippen molar-refractivity contribution in [2.24, 2.45) is 0 Å². The van der Waals surface area contributed by atoms with Crippen LogP contribution in [-0.2, 0) is 11.3 Å². The third kappa shape index (κ3) is 3.47. The van der Waals surface area contributed by atoms with E-state index in [0.29, 0.717) is 12.3 Å². The zero-order valence-corrected chi connectivity index (χ0v) is 13.2. The van der Waals surface area contributed by atoms with Crippen LogP contribution in [-0.4, -0.2) is 51.3 Å². The summed E-state index contributed by atoms with van der Waals surface area (Å²) >= 11 is 0. The van der Waals surface area contributed by atoms with Gasteiger partial charge in [0.1, 0.15) is 5.65 Å². The first kappa shape index (κ1) is 15.0. The number of aromatic nitrogens is 2. The second-order valence-corrected chi connectivity index (χ2v) is 5.93. The summed E-state index contributed by atoms with van der Waals surface area (Å²) in [7, 11) is 0. The number of likely N-dealkylation sites (tertiary alicyclic amines) is 1. The SMILES string of the molecule is CCN(CCC(=O)N1CCCC1)Cc1ccn2ccnc2c1. The van der Waals surface area contributed by atoms with E-state index in [1.54, 1.807) is 0 Å². The number of fused-ring (bicyclic) bond motifs is 1. The Hall–Kier alpha value is -1.88. The molecule has 2 aromatic heterocycles. The Morgan fingerprint density at radius 2 is 2.14 bits per heavy atom. The highest BCUT2D eigenvalue weighted by molar-refractivity contribution is 5.76. The maximum Gasteiger partial charge on any atom is 0.223 e. The van der Waals surface area contributed by atoms with Gasteiger partial charge in [-0.3, -0.25) is 9.69 Å². The minimum atomic E-state index is 0.305. The Labute approximate surface area is 131 Å². The molecule has 22 heavy (non-hydrogen) atoms. The molecule has 118 valence electrons. The molecule has 3 heterocycles. The summed E-state index contributed by atoms with van der Waals surface area (Å²) < 4.78 is 2.01. The zero-order chi connectivity index (χ0) is 15.4. The van der Waals surface area contributed by atoms with Crippen LogP contribution in [0.25, 0.3) is 5.65 Å². The van der Waals surface area contributed by atoms with Gasteiger partial charge in [-0.15, -0.1) is 0 Å². The molecule has 0 radical (unpaired) electrons. The highest BCUT2D eigenvalue weighted by Crippen LogP contribution is 2.11. The first-order valence-electron chi connectivity index (χ1n) is 8.18. The third-order valence-electron chi connectivity index (χ3n) is 4.42. The molecule has 5 heteroatoms. The fourth-order valence-corrected chi connectivity index (χ4v) is 3.04. The molecule has 0 atom stereocenters. The van der Waals surface area contributed by atoms with Crippen molar-refractivity contribution in [1.29, 1.82) is 0 Å². The first-order valence-corrected chi connectivity index (χ1v) is 8.18. The molecule has 1 saturated heterocycles. The molecule has 0 unspecified atom stereocenters. The first-order chi connectivity index (χ1) is 10.8. The number of carbonyl (C=O) groups is 1. The highest BCUT2D eigenvalue weighted by Gasteiger charge is 2.18. The zero-order valence-electron chi connectivity index (χ0n) is 13.2. The van der Waals surface area contributed by atoms with Crippen molar-refractivity contribution in [2.45, 2.75) is 32.7 Å². The number of amides is 1.